The Labute approximate surface area is 124 Å². The Morgan fingerprint density at radius 3 is 2.43 bits per heavy atom. The van der Waals surface area contributed by atoms with Crippen LogP contribution < -0.4 is 0 Å². The minimum atomic E-state index is -3.86. The molecule has 1 fully saturated rings. The average molecular weight is 315 g/mol. The van der Waals surface area contributed by atoms with Gasteiger partial charge < -0.3 is 5.11 Å². The number of hydrogen-bond acceptors (Lipinski definition) is 4. The number of nitrogens with one attached hydrogen (secondary N) is 1. The molecule has 7 nitrogen and oxygen atoms in total. The second kappa shape index (κ2) is 5.76. The number of piperidine rings is 1. The van der Waals surface area contributed by atoms with Crippen molar-refractivity contribution in [3.63, 3.8) is 0 Å². The summed E-state index contributed by atoms with van der Waals surface area (Å²) in [5, 5.41) is 14.9. The van der Waals surface area contributed by atoms with Crippen LogP contribution in [0.25, 0.3) is 0 Å². The number of nitrogens with zero attached hydrogens (tertiary/aromatic N) is 2. The first kappa shape index (κ1) is 16.0. The number of aryl methyl sites for hydroxylation is 1. The Kier molecular flexibility index (Phi) is 4.38. The maximum atomic E-state index is 12.6. The summed E-state index contributed by atoms with van der Waals surface area (Å²) in [5.41, 5.74) is -0.0147. The molecule has 0 spiro atoms. The Bertz CT molecular complexity index is 628. The fourth-order valence-electron chi connectivity index (χ4n) is 2.75. The minimum absolute atomic E-state index is 0.248. The number of carboxylic acids is 1. The Morgan fingerprint density at radius 2 is 1.95 bits per heavy atom. The van der Waals surface area contributed by atoms with Crippen LogP contribution in [0.2, 0.25) is 0 Å². The number of carbonyl (C=O) groups is 1. The van der Waals surface area contributed by atoms with Gasteiger partial charge in [-0.15, -0.1) is 0 Å². The summed E-state index contributed by atoms with van der Waals surface area (Å²) in [6.07, 6.45) is 1.59. The summed E-state index contributed by atoms with van der Waals surface area (Å²) in [7, 11) is -3.86. The van der Waals surface area contributed by atoms with E-state index in [9.17, 15) is 13.2 Å². The molecule has 21 heavy (non-hydrogen) atoms. The third kappa shape index (κ3) is 2.96. The van der Waals surface area contributed by atoms with Crippen LogP contribution in [-0.4, -0.2) is 47.1 Å². The lowest BCUT2D eigenvalue weighted by molar-refractivity contribution is 0.0691. The first-order valence-corrected chi connectivity index (χ1v) is 8.47. The lowest BCUT2D eigenvalue weighted by atomic mass is 9.87. The number of sulfonamides is 1. The first-order valence-electron chi connectivity index (χ1n) is 7.03. The van der Waals surface area contributed by atoms with E-state index in [1.54, 1.807) is 0 Å². The van der Waals surface area contributed by atoms with Gasteiger partial charge in [-0.2, -0.15) is 9.40 Å². The van der Waals surface area contributed by atoms with Crippen molar-refractivity contribution in [1.82, 2.24) is 14.5 Å². The van der Waals surface area contributed by atoms with Crippen molar-refractivity contribution in [1.29, 1.82) is 0 Å². The maximum absolute atomic E-state index is 12.6. The highest BCUT2D eigenvalue weighted by Gasteiger charge is 2.35. The Hall–Kier alpha value is -1.41. The molecule has 0 saturated carbocycles. The summed E-state index contributed by atoms with van der Waals surface area (Å²) in [6.45, 7) is 6.59. The highest BCUT2D eigenvalue weighted by molar-refractivity contribution is 7.89. The van der Waals surface area contributed by atoms with Gasteiger partial charge in [0.25, 0.3) is 10.0 Å². The lowest BCUT2D eigenvalue weighted by Gasteiger charge is -2.32. The zero-order valence-corrected chi connectivity index (χ0v) is 13.3. The molecule has 1 aliphatic rings. The van der Waals surface area contributed by atoms with Gasteiger partial charge in [-0.05, 0) is 31.6 Å². The van der Waals surface area contributed by atoms with Gasteiger partial charge in [-0.1, -0.05) is 13.8 Å². The van der Waals surface area contributed by atoms with Gasteiger partial charge >= 0.3 is 5.97 Å². The third-order valence-corrected chi connectivity index (χ3v) is 5.98. The summed E-state index contributed by atoms with van der Waals surface area (Å²) in [4.78, 5) is 11.2. The number of aromatic nitrogens is 2. The Morgan fingerprint density at radius 1 is 1.38 bits per heavy atom. The van der Waals surface area contributed by atoms with Crippen molar-refractivity contribution in [3.8, 4) is 0 Å². The van der Waals surface area contributed by atoms with Crippen LogP contribution in [0.5, 0.6) is 0 Å². The van der Waals surface area contributed by atoms with E-state index in [-0.39, 0.29) is 16.3 Å². The molecule has 118 valence electrons. The van der Waals surface area contributed by atoms with Gasteiger partial charge in [0.05, 0.1) is 0 Å². The van der Waals surface area contributed by atoms with Gasteiger partial charge in [-0.3, -0.25) is 5.10 Å². The van der Waals surface area contributed by atoms with Crippen molar-refractivity contribution < 1.29 is 18.3 Å². The summed E-state index contributed by atoms with van der Waals surface area (Å²) < 4.78 is 26.5. The molecule has 1 aromatic heterocycles. The van der Waals surface area contributed by atoms with Crippen molar-refractivity contribution in [2.45, 2.75) is 38.6 Å². The fourth-order valence-corrected chi connectivity index (χ4v) is 4.35. The van der Waals surface area contributed by atoms with Crippen LogP contribution in [0.4, 0.5) is 0 Å². The zero-order chi connectivity index (χ0) is 15.8. The van der Waals surface area contributed by atoms with Crippen molar-refractivity contribution in [3.05, 3.63) is 11.3 Å². The van der Waals surface area contributed by atoms with E-state index in [0.29, 0.717) is 24.9 Å². The second-order valence-corrected chi connectivity index (χ2v) is 7.67. The molecule has 1 aromatic rings. The molecule has 0 atom stereocenters. The molecule has 1 aliphatic heterocycles. The van der Waals surface area contributed by atoms with E-state index >= 15 is 0 Å². The molecular weight excluding hydrogens is 294 g/mol. The van der Waals surface area contributed by atoms with Crippen LogP contribution in [0.15, 0.2) is 5.03 Å². The summed E-state index contributed by atoms with van der Waals surface area (Å²) in [5.74, 6) is -0.245. The molecule has 8 heteroatoms. The highest BCUT2D eigenvalue weighted by Crippen LogP contribution is 2.29. The normalized spacial score (nSPS) is 18.3. The van der Waals surface area contributed by atoms with E-state index in [2.05, 4.69) is 24.0 Å². The molecule has 0 aliphatic carbocycles. The molecule has 0 bridgehead atoms. The lowest BCUT2D eigenvalue weighted by Crippen LogP contribution is -2.40. The monoisotopic (exact) mass is 315 g/mol. The molecular formula is C13H21N3O4S. The molecule has 2 rings (SSSR count). The van der Waals surface area contributed by atoms with Crippen LogP contribution in [0.1, 0.15) is 42.7 Å². The summed E-state index contributed by atoms with van der Waals surface area (Å²) in [6, 6.07) is 0. The van der Waals surface area contributed by atoms with E-state index in [4.69, 9.17) is 5.11 Å². The van der Waals surface area contributed by atoms with Crippen molar-refractivity contribution >= 4 is 16.0 Å². The smallest absolute Gasteiger partial charge is 0.340 e. The second-order valence-electron chi connectivity index (χ2n) is 5.82. The molecule has 0 aromatic carbocycles. The van der Waals surface area contributed by atoms with Gasteiger partial charge in [0, 0.05) is 18.8 Å². The van der Waals surface area contributed by atoms with Crippen LogP contribution in [0.3, 0.4) is 0 Å². The molecule has 0 unspecified atom stereocenters. The number of carboxylic acid groups (broad SMARTS) is 1. The topological polar surface area (TPSA) is 103 Å². The number of aromatic amines is 1. The summed E-state index contributed by atoms with van der Waals surface area (Å²) >= 11 is 0. The van der Waals surface area contributed by atoms with E-state index < -0.39 is 16.0 Å². The molecule has 2 N–H and O–H groups in total. The number of hydrogen-bond donors (Lipinski definition) is 2. The SMILES string of the molecule is Cc1[nH]nc(S(=O)(=O)N2CCC(C(C)C)CC2)c1C(=O)O. The van der Waals surface area contributed by atoms with Gasteiger partial charge in [0.15, 0.2) is 0 Å². The largest absolute Gasteiger partial charge is 0.478 e. The van der Waals surface area contributed by atoms with Gasteiger partial charge in [-0.25, -0.2) is 13.2 Å². The predicted molar refractivity (Wildman–Crippen MR) is 76.6 cm³/mol. The minimum Gasteiger partial charge on any atom is -0.478 e. The molecule has 0 amide bonds. The van der Waals surface area contributed by atoms with Gasteiger partial charge in [0.2, 0.25) is 5.03 Å². The van der Waals surface area contributed by atoms with Crippen molar-refractivity contribution in [2.24, 2.45) is 11.8 Å². The van der Waals surface area contributed by atoms with E-state index in [1.165, 1.54) is 11.2 Å². The van der Waals surface area contributed by atoms with E-state index in [0.717, 1.165) is 12.8 Å². The predicted octanol–water partition coefficient (Wildman–Crippen LogP) is 1.47. The number of aromatic carboxylic acids is 1. The first-order chi connectivity index (χ1) is 9.75. The zero-order valence-electron chi connectivity index (χ0n) is 12.5. The fraction of sp³-hybridized carbons (Fsp3) is 0.692. The van der Waals surface area contributed by atoms with Crippen LogP contribution in [0, 0.1) is 18.8 Å². The maximum Gasteiger partial charge on any atom is 0.340 e. The number of rotatable bonds is 4. The van der Waals surface area contributed by atoms with Crippen LogP contribution >= 0.6 is 0 Å². The Balaban J connectivity index is 2.26. The average Bonchev–Trinajstić information content (AvgIpc) is 2.81. The third-order valence-electron chi connectivity index (χ3n) is 4.15. The van der Waals surface area contributed by atoms with E-state index in [1.807, 2.05) is 0 Å². The standard InChI is InChI=1S/C13H21N3O4S/c1-8(2)10-4-6-16(7-5-10)21(19,20)12-11(13(17)18)9(3)14-15-12/h8,10H,4-7H2,1-3H3,(H,14,15)(H,17,18). The highest BCUT2D eigenvalue weighted by atomic mass is 32.2. The molecule has 2 heterocycles. The van der Waals surface area contributed by atoms with Crippen LogP contribution in [-0.2, 0) is 10.0 Å². The number of H-pyrrole nitrogens is 1. The van der Waals surface area contributed by atoms with Gasteiger partial charge in [0.1, 0.15) is 5.56 Å². The quantitative estimate of drug-likeness (QED) is 0.875. The van der Waals surface area contributed by atoms with Crippen molar-refractivity contribution in [2.75, 3.05) is 13.1 Å². The molecule has 1 saturated heterocycles. The molecule has 0 radical (unpaired) electrons.